The molecule has 3 atom stereocenters. The predicted octanol–water partition coefficient (Wildman–Crippen LogP) is 2.61. The van der Waals surface area contributed by atoms with Crippen LogP contribution in [0.25, 0.3) is 11.3 Å². The molecule has 0 bridgehead atoms. The number of imidazole rings is 1. The molecule has 3 nitrogen and oxygen atoms in total. The fraction of sp³-hybridized carbons (Fsp3) is 0.400. The molecule has 2 aromatic rings. The van der Waals surface area contributed by atoms with E-state index in [1.54, 1.807) is 0 Å². The number of aliphatic hydroxyl groups is 1. The Hall–Kier alpha value is -1.61. The van der Waals surface area contributed by atoms with E-state index in [0.717, 1.165) is 12.8 Å². The highest BCUT2D eigenvalue weighted by Gasteiger charge is 2.49. The van der Waals surface area contributed by atoms with Crippen molar-refractivity contribution in [2.45, 2.75) is 31.4 Å². The highest BCUT2D eigenvalue weighted by atomic mass is 16.3. The Balaban J connectivity index is 1.90. The van der Waals surface area contributed by atoms with Crippen LogP contribution in [0.5, 0.6) is 0 Å². The summed E-state index contributed by atoms with van der Waals surface area (Å²) in [6.45, 7) is 1.96. The standard InChI is InChI=1S/C15H16N2O/c1-15(18)7-6-12(15)14-11-5-3-2-4-10(11)13-8-16-9-17(13)14/h2-5,8-9,12,14,18H,6-7H2,1H3/t12?,14-,15?/m1/s1. The van der Waals surface area contributed by atoms with Gasteiger partial charge in [0.15, 0.2) is 0 Å². The molecule has 2 aliphatic rings. The van der Waals surface area contributed by atoms with Gasteiger partial charge in [-0.3, -0.25) is 0 Å². The van der Waals surface area contributed by atoms with Crippen LogP contribution in [0.15, 0.2) is 36.8 Å². The molecule has 1 aliphatic heterocycles. The molecule has 0 amide bonds. The van der Waals surface area contributed by atoms with Crippen molar-refractivity contribution in [1.29, 1.82) is 0 Å². The Morgan fingerprint density at radius 1 is 1.39 bits per heavy atom. The van der Waals surface area contributed by atoms with Crippen LogP contribution >= 0.6 is 0 Å². The minimum atomic E-state index is -0.538. The molecule has 1 aromatic carbocycles. The SMILES string of the molecule is CC1(O)CCC1[C@H]1c2ccccc2-c2cncn21. The topological polar surface area (TPSA) is 38.1 Å². The van der Waals surface area contributed by atoms with Crippen LogP contribution in [-0.4, -0.2) is 20.3 Å². The molecule has 0 saturated heterocycles. The number of hydrogen-bond donors (Lipinski definition) is 1. The maximum Gasteiger partial charge on any atom is 0.0956 e. The van der Waals surface area contributed by atoms with Crippen molar-refractivity contribution in [1.82, 2.24) is 9.55 Å². The Bertz CT molecular complexity index is 614. The van der Waals surface area contributed by atoms with Gasteiger partial charge in [-0.25, -0.2) is 4.98 Å². The quantitative estimate of drug-likeness (QED) is 0.832. The Labute approximate surface area is 106 Å². The fourth-order valence-corrected chi connectivity index (χ4v) is 3.51. The lowest BCUT2D eigenvalue weighted by Gasteiger charge is -2.46. The molecule has 92 valence electrons. The van der Waals surface area contributed by atoms with Crippen molar-refractivity contribution in [2.75, 3.05) is 0 Å². The first-order valence-corrected chi connectivity index (χ1v) is 6.52. The third-order valence-electron chi connectivity index (χ3n) is 4.66. The van der Waals surface area contributed by atoms with E-state index in [2.05, 4.69) is 33.8 Å². The molecule has 1 N–H and O–H groups in total. The summed E-state index contributed by atoms with van der Waals surface area (Å²) in [5, 5.41) is 10.4. The van der Waals surface area contributed by atoms with E-state index in [4.69, 9.17) is 0 Å². The first-order valence-electron chi connectivity index (χ1n) is 6.52. The highest BCUT2D eigenvalue weighted by molar-refractivity contribution is 5.69. The van der Waals surface area contributed by atoms with Crippen molar-refractivity contribution >= 4 is 0 Å². The average molecular weight is 240 g/mol. The molecular weight excluding hydrogens is 224 g/mol. The van der Waals surface area contributed by atoms with Gasteiger partial charge in [0, 0.05) is 11.5 Å². The second-order valence-electron chi connectivity index (χ2n) is 5.72. The zero-order valence-corrected chi connectivity index (χ0v) is 10.4. The molecule has 0 spiro atoms. The van der Waals surface area contributed by atoms with E-state index < -0.39 is 5.60 Å². The fourth-order valence-electron chi connectivity index (χ4n) is 3.51. The number of aromatic nitrogens is 2. The van der Waals surface area contributed by atoms with E-state index in [9.17, 15) is 5.11 Å². The molecule has 2 heterocycles. The van der Waals surface area contributed by atoms with E-state index in [1.165, 1.54) is 16.8 Å². The van der Waals surface area contributed by atoms with Gasteiger partial charge in [0.25, 0.3) is 0 Å². The third-order valence-corrected chi connectivity index (χ3v) is 4.66. The summed E-state index contributed by atoms with van der Waals surface area (Å²) in [5.41, 5.74) is 3.24. The molecule has 1 saturated carbocycles. The number of rotatable bonds is 1. The van der Waals surface area contributed by atoms with E-state index in [0.29, 0.717) is 5.92 Å². The maximum absolute atomic E-state index is 10.4. The number of fused-ring (bicyclic) bond motifs is 3. The van der Waals surface area contributed by atoms with Gasteiger partial charge in [0.05, 0.1) is 29.9 Å². The zero-order valence-electron chi connectivity index (χ0n) is 10.4. The lowest BCUT2D eigenvalue weighted by molar-refractivity contribution is -0.0924. The van der Waals surface area contributed by atoms with Crippen molar-refractivity contribution < 1.29 is 5.11 Å². The average Bonchev–Trinajstić information content (AvgIpc) is 2.92. The molecular formula is C15H16N2O. The van der Waals surface area contributed by atoms with Crippen LogP contribution in [-0.2, 0) is 0 Å². The van der Waals surface area contributed by atoms with Crippen LogP contribution in [0.3, 0.4) is 0 Å². The zero-order chi connectivity index (χ0) is 12.3. The van der Waals surface area contributed by atoms with Gasteiger partial charge < -0.3 is 9.67 Å². The van der Waals surface area contributed by atoms with Crippen LogP contribution < -0.4 is 0 Å². The largest absolute Gasteiger partial charge is 0.390 e. The minimum absolute atomic E-state index is 0.252. The van der Waals surface area contributed by atoms with E-state index >= 15 is 0 Å². The lowest BCUT2D eigenvalue weighted by atomic mass is 9.65. The first kappa shape index (κ1) is 10.3. The van der Waals surface area contributed by atoms with Gasteiger partial charge in [-0.15, -0.1) is 0 Å². The minimum Gasteiger partial charge on any atom is -0.390 e. The molecule has 3 heteroatoms. The van der Waals surface area contributed by atoms with Crippen molar-refractivity contribution in [2.24, 2.45) is 5.92 Å². The number of nitrogens with zero attached hydrogens (tertiary/aromatic N) is 2. The highest BCUT2D eigenvalue weighted by Crippen LogP contribution is 2.52. The second kappa shape index (κ2) is 3.23. The smallest absolute Gasteiger partial charge is 0.0956 e. The molecule has 4 rings (SSSR count). The summed E-state index contributed by atoms with van der Waals surface area (Å²) >= 11 is 0. The maximum atomic E-state index is 10.4. The predicted molar refractivity (Wildman–Crippen MR) is 69.1 cm³/mol. The van der Waals surface area contributed by atoms with Crippen LogP contribution in [0, 0.1) is 5.92 Å². The van der Waals surface area contributed by atoms with Gasteiger partial charge in [0.1, 0.15) is 0 Å². The molecule has 1 aliphatic carbocycles. The Kier molecular flexibility index (Phi) is 1.86. The summed E-state index contributed by atoms with van der Waals surface area (Å²) in [6, 6.07) is 8.73. The summed E-state index contributed by atoms with van der Waals surface area (Å²) in [7, 11) is 0. The molecule has 1 aromatic heterocycles. The summed E-state index contributed by atoms with van der Waals surface area (Å²) in [4.78, 5) is 4.26. The number of hydrogen-bond acceptors (Lipinski definition) is 2. The third kappa shape index (κ3) is 1.15. The molecule has 2 unspecified atom stereocenters. The van der Waals surface area contributed by atoms with Crippen molar-refractivity contribution in [3.8, 4) is 11.3 Å². The Morgan fingerprint density at radius 2 is 2.22 bits per heavy atom. The van der Waals surface area contributed by atoms with E-state index in [1.807, 2.05) is 19.4 Å². The van der Waals surface area contributed by atoms with Gasteiger partial charge in [-0.2, -0.15) is 0 Å². The summed E-state index contributed by atoms with van der Waals surface area (Å²) in [6.07, 6.45) is 5.81. The summed E-state index contributed by atoms with van der Waals surface area (Å²) in [5.74, 6) is 0.300. The van der Waals surface area contributed by atoms with Crippen molar-refractivity contribution in [3.05, 3.63) is 42.4 Å². The number of benzene rings is 1. The van der Waals surface area contributed by atoms with Crippen LogP contribution in [0.4, 0.5) is 0 Å². The van der Waals surface area contributed by atoms with Crippen molar-refractivity contribution in [3.63, 3.8) is 0 Å². The van der Waals surface area contributed by atoms with Gasteiger partial charge >= 0.3 is 0 Å². The van der Waals surface area contributed by atoms with Gasteiger partial charge in [-0.05, 0) is 25.3 Å². The molecule has 1 fully saturated rings. The Morgan fingerprint density at radius 3 is 2.94 bits per heavy atom. The van der Waals surface area contributed by atoms with Crippen LogP contribution in [0.2, 0.25) is 0 Å². The monoisotopic (exact) mass is 240 g/mol. The summed E-state index contributed by atoms with van der Waals surface area (Å²) < 4.78 is 2.23. The lowest BCUT2D eigenvalue weighted by Crippen LogP contribution is -2.48. The first-order chi connectivity index (χ1) is 8.68. The van der Waals surface area contributed by atoms with E-state index in [-0.39, 0.29) is 6.04 Å². The molecule has 18 heavy (non-hydrogen) atoms. The molecule has 0 radical (unpaired) electrons. The van der Waals surface area contributed by atoms with Gasteiger partial charge in [0.2, 0.25) is 0 Å². The van der Waals surface area contributed by atoms with Crippen LogP contribution in [0.1, 0.15) is 31.4 Å². The second-order valence-corrected chi connectivity index (χ2v) is 5.72. The normalized spacial score (nSPS) is 32.8. The van der Waals surface area contributed by atoms with Gasteiger partial charge in [-0.1, -0.05) is 24.3 Å².